The highest BCUT2D eigenvalue weighted by atomic mass is 16.5. The number of benzene rings is 1. The topological polar surface area (TPSA) is 51.2 Å². The molecule has 4 heteroatoms. The van der Waals surface area contributed by atoms with Gasteiger partial charge in [-0.2, -0.15) is 0 Å². The van der Waals surface area contributed by atoms with Gasteiger partial charge in [0.1, 0.15) is 11.4 Å². The molecule has 0 unspecified atom stereocenters. The van der Waals surface area contributed by atoms with Gasteiger partial charge >= 0.3 is 0 Å². The number of aryl methyl sites for hydroxylation is 2. The Labute approximate surface area is 112 Å². The molecule has 0 bridgehead atoms. The van der Waals surface area contributed by atoms with Crippen molar-refractivity contribution in [3.8, 4) is 5.75 Å². The predicted octanol–water partition coefficient (Wildman–Crippen LogP) is 2.96. The molecule has 1 amide bonds. The fourth-order valence-corrected chi connectivity index (χ4v) is 1.82. The molecule has 0 aliphatic rings. The Morgan fingerprint density at radius 3 is 2.37 bits per heavy atom. The van der Waals surface area contributed by atoms with E-state index in [1.165, 1.54) is 6.20 Å². The van der Waals surface area contributed by atoms with E-state index in [2.05, 4.69) is 10.3 Å². The van der Waals surface area contributed by atoms with Gasteiger partial charge in [0.2, 0.25) is 0 Å². The number of para-hydroxylation sites is 1. The quantitative estimate of drug-likeness (QED) is 0.918. The molecule has 98 valence electrons. The number of nitrogens with one attached hydrogen (secondary N) is 1. The highest BCUT2D eigenvalue weighted by Crippen LogP contribution is 2.20. The van der Waals surface area contributed by atoms with Crippen molar-refractivity contribution in [3.63, 3.8) is 0 Å². The van der Waals surface area contributed by atoms with Crippen LogP contribution in [0.5, 0.6) is 5.75 Å². The number of hydrogen-bond acceptors (Lipinski definition) is 3. The first kappa shape index (κ1) is 13.1. The van der Waals surface area contributed by atoms with Gasteiger partial charge in [0.05, 0.1) is 13.3 Å². The van der Waals surface area contributed by atoms with Crippen LogP contribution in [0.3, 0.4) is 0 Å². The minimum absolute atomic E-state index is 0.222. The summed E-state index contributed by atoms with van der Waals surface area (Å²) in [4.78, 5) is 16.2. The van der Waals surface area contributed by atoms with Gasteiger partial charge in [-0.15, -0.1) is 0 Å². The highest BCUT2D eigenvalue weighted by Gasteiger charge is 2.10. The van der Waals surface area contributed by atoms with Crippen molar-refractivity contribution in [1.82, 2.24) is 4.98 Å². The van der Waals surface area contributed by atoms with Crippen LogP contribution in [0.2, 0.25) is 0 Å². The average Bonchev–Trinajstić information content (AvgIpc) is 2.43. The number of carbonyl (C=O) groups is 1. The van der Waals surface area contributed by atoms with Gasteiger partial charge in [-0.25, -0.2) is 4.98 Å². The Bertz CT molecular complexity index is 571. The monoisotopic (exact) mass is 256 g/mol. The third-order valence-corrected chi connectivity index (χ3v) is 2.92. The van der Waals surface area contributed by atoms with Gasteiger partial charge in [-0.05, 0) is 37.1 Å². The smallest absolute Gasteiger partial charge is 0.274 e. The first-order valence-electron chi connectivity index (χ1n) is 5.99. The lowest BCUT2D eigenvalue weighted by molar-refractivity contribution is 0.102. The third kappa shape index (κ3) is 2.91. The number of carbonyl (C=O) groups excluding carboxylic acids is 1. The number of ether oxygens (including phenoxy) is 1. The van der Waals surface area contributed by atoms with Crippen LogP contribution < -0.4 is 10.1 Å². The van der Waals surface area contributed by atoms with Crippen molar-refractivity contribution in [2.75, 3.05) is 12.4 Å². The second-order valence-electron chi connectivity index (χ2n) is 4.30. The van der Waals surface area contributed by atoms with Crippen LogP contribution in [-0.2, 0) is 0 Å². The maximum atomic E-state index is 12.1. The lowest BCUT2D eigenvalue weighted by Crippen LogP contribution is -2.15. The fraction of sp³-hybridized carbons (Fsp3) is 0.200. The van der Waals surface area contributed by atoms with Crippen LogP contribution in [0.1, 0.15) is 21.6 Å². The molecule has 0 spiro atoms. The second kappa shape index (κ2) is 5.52. The largest absolute Gasteiger partial charge is 0.495 e. The molecule has 0 aliphatic carbocycles. The SMILES string of the molecule is COc1ccc(C(=O)Nc2c(C)cccc2C)nc1. The van der Waals surface area contributed by atoms with Crippen LogP contribution in [0, 0.1) is 13.8 Å². The molecule has 0 radical (unpaired) electrons. The number of pyridine rings is 1. The van der Waals surface area contributed by atoms with E-state index >= 15 is 0 Å². The number of rotatable bonds is 3. The Hall–Kier alpha value is -2.36. The zero-order valence-electron chi connectivity index (χ0n) is 11.2. The van der Waals surface area contributed by atoms with Gasteiger partial charge in [-0.1, -0.05) is 18.2 Å². The van der Waals surface area contributed by atoms with Crippen LogP contribution in [0.25, 0.3) is 0 Å². The van der Waals surface area contributed by atoms with Gasteiger partial charge in [-0.3, -0.25) is 4.79 Å². The average molecular weight is 256 g/mol. The molecular formula is C15H16N2O2. The van der Waals surface area contributed by atoms with Gasteiger partial charge in [0, 0.05) is 5.69 Å². The number of nitrogens with zero attached hydrogens (tertiary/aromatic N) is 1. The molecule has 19 heavy (non-hydrogen) atoms. The minimum atomic E-state index is -0.222. The van der Waals surface area contributed by atoms with E-state index in [4.69, 9.17) is 4.74 Å². The maximum Gasteiger partial charge on any atom is 0.274 e. The van der Waals surface area contributed by atoms with E-state index in [9.17, 15) is 4.79 Å². The van der Waals surface area contributed by atoms with Crippen LogP contribution in [0.15, 0.2) is 36.5 Å². The van der Waals surface area contributed by atoms with E-state index < -0.39 is 0 Å². The number of amides is 1. The normalized spacial score (nSPS) is 10.1. The summed E-state index contributed by atoms with van der Waals surface area (Å²) in [5.41, 5.74) is 3.26. The predicted molar refractivity (Wildman–Crippen MR) is 74.7 cm³/mol. The highest BCUT2D eigenvalue weighted by molar-refractivity contribution is 6.03. The zero-order chi connectivity index (χ0) is 13.8. The van der Waals surface area contributed by atoms with Crippen molar-refractivity contribution in [2.24, 2.45) is 0 Å². The molecule has 0 saturated carbocycles. The number of anilines is 1. The third-order valence-electron chi connectivity index (χ3n) is 2.92. The molecule has 2 rings (SSSR count). The summed E-state index contributed by atoms with van der Waals surface area (Å²) in [7, 11) is 1.56. The van der Waals surface area contributed by atoms with Crippen molar-refractivity contribution in [1.29, 1.82) is 0 Å². The molecule has 4 nitrogen and oxygen atoms in total. The van der Waals surface area contributed by atoms with E-state index in [1.807, 2.05) is 32.0 Å². The van der Waals surface area contributed by atoms with Crippen molar-refractivity contribution < 1.29 is 9.53 Å². The maximum absolute atomic E-state index is 12.1. The first-order chi connectivity index (χ1) is 9.11. The van der Waals surface area contributed by atoms with E-state index in [1.54, 1.807) is 19.2 Å². The summed E-state index contributed by atoms with van der Waals surface area (Å²) in [6, 6.07) is 9.24. The van der Waals surface area contributed by atoms with Crippen molar-refractivity contribution in [2.45, 2.75) is 13.8 Å². The number of methoxy groups -OCH3 is 1. The summed E-state index contributed by atoms with van der Waals surface area (Å²) in [6.45, 7) is 3.92. The van der Waals surface area contributed by atoms with E-state index in [0.717, 1.165) is 16.8 Å². The van der Waals surface area contributed by atoms with E-state index in [0.29, 0.717) is 11.4 Å². The Kier molecular flexibility index (Phi) is 3.80. The lowest BCUT2D eigenvalue weighted by atomic mass is 10.1. The Balaban J connectivity index is 2.20. The van der Waals surface area contributed by atoms with Crippen molar-refractivity contribution >= 4 is 11.6 Å². The van der Waals surface area contributed by atoms with Gasteiger partial charge in [0.25, 0.3) is 5.91 Å². The molecule has 1 N–H and O–H groups in total. The van der Waals surface area contributed by atoms with E-state index in [-0.39, 0.29) is 5.91 Å². The molecule has 0 atom stereocenters. The minimum Gasteiger partial charge on any atom is -0.495 e. The second-order valence-corrected chi connectivity index (χ2v) is 4.30. The Morgan fingerprint density at radius 2 is 1.84 bits per heavy atom. The summed E-state index contributed by atoms with van der Waals surface area (Å²) in [6.07, 6.45) is 1.53. The molecule has 0 aliphatic heterocycles. The van der Waals surface area contributed by atoms with Gasteiger partial charge in [0.15, 0.2) is 0 Å². The summed E-state index contributed by atoms with van der Waals surface area (Å²) >= 11 is 0. The van der Waals surface area contributed by atoms with Crippen LogP contribution in [-0.4, -0.2) is 18.0 Å². The molecule has 1 heterocycles. The molecular weight excluding hydrogens is 240 g/mol. The summed E-state index contributed by atoms with van der Waals surface area (Å²) in [5, 5.41) is 2.89. The molecule has 1 aromatic heterocycles. The van der Waals surface area contributed by atoms with Crippen molar-refractivity contribution in [3.05, 3.63) is 53.3 Å². The zero-order valence-corrected chi connectivity index (χ0v) is 11.2. The number of aromatic nitrogens is 1. The summed E-state index contributed by atoms with van der Waals surface area (Å²) < 4.78 is 5.01. The first-order valence-corrected chi connectivity index (χ1v) is 5.99. The van der Waals surface area contributed by atoms with Gasteiger partial charge < -0.3 is 10.1 Å². The standard InChI is InChI=1S/C15H16N2O2/c1-10-5-4-6-11(2)14(10)17-15(18)13-8-7-12(19-3)9-16-13/h4-9H,1-3H3,(H,17,18). The Morgan fingerprint density at radius 1 is 1.16 bits per heavy atom. The molecule has 1 aromatic carbocycles. The molecule has 0 fully saturated rings. The lowest BCUT2D eigenvalue weighted by Gasteiger charge is -2.11. The fourth-order valence-electron chi connectivity index (χ4n) is 1.82. The molecule has 2 aromatic rings. The van der Waals surface area contributed by atoms with Crippen LogP contribution >= 0.6 is 0 Å². The number of hydrogen-bond donors (Lipinski definition) is 1. The summed E-state index contributed by atoms with van der Waals surface area (Å²) in [5.74, 6) is 0.406. The van der Waals surface area contributed by atoms with Crippen LogP contribution in [0.4, 0.5) is 5.69 Å². The molecule has 0 saturated heterocycles.